The van der Waals surface area contributed by atoms with E-state index in [0.29, 0.717) is 23.5 Å². The third-order valence-electron chi connectivity index (χ3n) is 4.83. The van der Waals surface area contributed by atoms with E-state index in [2.05, 4.69) is 16.0 Å². The van der Waals surface area contributed by atoms with Crippen molar-refractivity contribution in [3.05, 3.63) is 78.3 Å². The molecule has 0 fully saturated rings. The van der Waals surface area contributed by atoms with E-state index >= 15 is 0 Å². The number of benzene rings is 2. The molecule has 2 aromatic carbocycles. The quantitative estimate of drug-likeness (QED) is 0.569. The van der Waals surface area contributed by atoms with E-state index in [9.17, 15) is 14.4 Å². The van der Waals surface area contributed by atoms with Gasteiger partial charge >= 0.3 is 0 Å². The van der Waals surface area contributed by atoms with E-state index in [-0.39, 0.29) is 11.7 Å². The van der Waals surface area contributed by atoms with Gasteiger partial charge in [0.2, 0.25) is 5.91 Å². The Labute approximate surface area is 178 Å². The van der Waals surface area contributed by atoms with E-state index in [1.54, 1.807) is 31.2 Å². The van der Waals surface area contributed by atoms with Crippen molar-refractivity contribution in [3.63, 3.8) is 0 Å². The number of carbonyl (C=O) groups excluding carboxylic acids is 3. The first-order valence-corrected chi connectivity index (χ1v) is 9.80. The molecule has 0 spiro atoms. The van der Waals surface area contributed by atoms with Crippen LogP contribution in [0.4, 0.5) is 11.4 Å². The molecule has 3 amide bonds. The van der Waals surface area contributed by atoms with Gasteiger partial charge in [-0.25, -0.2) is 0 Å². The van der Waals surface area contributed by atoms with E-state index in [4.69, 9.17) is 9.15 Å². The van der Waals surface area contributed by atoms with Crippen molar-refractivity contribution >= 4 is 29.1 Å². The number of hydrogen-bond donors (Lipinski definition) is 3. The second kappa shape index (κ2) is 8.74. The maximum absolute atomic E-state index is 13.0. The van der Waals surface area contributed by atoms with Crippen LogP contribution in [0.3, 0.4) is 0 Å². The molecule has 4 rings (SSSR count). The second-order valence-electron chi connectivity index (χ2n) is 7.14. The van der Waals surface area contributed by atoms with Crippen molar-refractivity contribution < 1.29 is 23.5 Å². The van der Waals surface area contributed by atoms with Crippen molar-refractivity contribution in [1.82, 2.24) is 5.32 Å². The zero-order chi connectivity index (χ0) is 21.8. The molecule has 158 valence electrons. The number of amides is 3. The second-order valence-corrected chi connectivity index (χ2v) is 7.14. The van der Waals surface area contributed by atoms with Gasteiger partial charge in [0.25, 0.3) is 11.8 Å². The van der Waals surface area contributed by atoms with Crippen LogP contribution >= 0.6 is 0 Å². The number of anilines is 2. The summed E-state index contributed by atoms with van der Waals surface area (Å²) in [6, 6.07) is 16.6. The minimum absolute atomic E-state index is 0.119. The average molecular weight is 419 g/mol. The van der Waals surface area contributed by atoms with Crippen molar-refractivity contribution in [3.8, 4) is 5.75 Å². The minimum atomic E-state index is -0.845. The summed E-state index contributed by atoms with van der Waals surface area (Å²) in [4.78, 5) is 37.4. The highest BCUT2D eigenvalue weighted by Crippen LogP contribution is 2.32. The molecule has 3 N–H and O–H groups in total. The minimum Gasteiger partial charge on any atom is -0.479 e. The molecule has 31 heavy (non-hydrogen) atoms. The highest BCUT2D eigenvalue weighted by atomic mass is 16.5. The fourth-order valence-electron chi connectivity index (χ4n) is 3.21. The summed E-state index contributed by atoms with van der Waals surface area (Å²) in [6.45, 7) is 1.66. The molecule has 8 nitrogen and oxygen atoms in total. The maximum atomic E-state index is 13.0. The van der Waals surface area contributed by atoms with Crippen molar-refractivity contribution in [2.45, 2.75) is 25.5 Å². The first-order chi connectivity index (χ1) is 15.0. The normalized spacial score (nSPS) is 15.8. The summed E-state index contributed by atoms with van der Waals surface area (Å²) in [7, 11) is 0. The van der Waals surface area contributed by atoms with Gasteiger partial charge in [-0.3, -0.25) is 14.4 Å². The maximum Gasteiger partial charge on any atom is 0.287 e. The monoisotopic (exact) mass is 419 g/mol. The summed E-state index contributed by atoms with van der Waals surface area (Å²) < 4.78 is 10.7. The van der Waals surface area contributed by atoms with Gasteiger partial charge in [0, 0.05) is 12.1 Å². The summed E-state index contributed by atoms with van der Waals surface area (Å²) in [5.41, 5.74) is 1.83. The zero-order valence-corrected chi connectivity index (χ0v) is 16.8. The summed E-state index contributed by atoms with van der Waals surface area (Å²) in [5, 5.41) is 8.27. The molecule has 1 aliphatic rings. The van der Waals surface area contributed by atoms with Gasteiger partial charge in [-0.1, -0.05) is 30.3 Å². The standard InChI is InChI=1S/C23H21N3O5/c1-14-21(27)25-17-13-16(9-10-19(17)31-14)24-22(28)18(12-15-6-3-2-4-7-15)26-23(29)20-8-5-11-30-20/h2-11,13-14,18H,12H2,1H3,(H,24,28)(H,25,27)(H,26,29)/t14?,18-/m0/s1. The van der Waals surface area contributed by atoms with Crippen molar-refractivity contribution in [2.24, 2.45) is 0 Å². The van der Waals surface area contributed by atoms with Crippen LogP contribution in [0.5, 0.6) is 5.75 Å². The molecule has 0 bridgehead atoms. The summed E-state index contributed by atoms with van der Waals surface area (Å²) in [5.74, 6) is -0.504. The first-order valence-electron chi connectivity index (χ1n) is 9.80. The Hall–Kier alpha value is -4.07. The third kappa shape index (κ3) is 4.75. The molecule has 0 aliphatic carbocycles. The van der Waals surface area contributed by atoms with Crippen LogP contribution in [0.1, 0.15) is 23.0 Å². The Morgan fingerprint density at radius 3 is 2.65 bits per heavy atom. The number of rotatable bonds is 6. The van der Waals surface area contributed by atoms with Gasteiger partial charge < -0.3 is 25.1 Å². The lowest BCUT2D eigenvalue weighted by Crippen LogP contribution is -2.45. The molecule has 1 aromatic heterocycles. The van der Waals surface area contributed by atoms with Gasteiger partial charge in [0.1, 0.15) is 11.8 Å². The Morgan fingerprint density at radius 1 is 1.10 bits per heavy atom. The van der Waals surface area contributed by atoms with Crippen LogP contribution in [-0.4, -0.2) is 29.9 Å². The van der Waals surface area contributed by atoms with Crippen LogP contribution in [-0.2, 0) is 16.0 Å². The van der Waals surface area contributed by atoms with Gasteiger partial charge in [-0.05, 0) is 42.8 Å². The van der Waals surface area contributed by atoms with Crippen molar-refractivity contribution in [1.29, 1.82) is 0 Å². The third-order valence-corrected chi connectivity index (χ3v) is 4.83. The lowest BCUT2D eigenvalue weighted by Gasteiger charge is -2.24. The lowest BCUT2D eigenvalue weighted by molar-refractivity contribution is -0.122. The SMILES string of the molecule is CC1Oc2ccc(NC(=O)[C@H](Cc3ccccc3)NC(=O)c3ccco3)cc2NC1=O. The van der Waals surface area contributed by atoms with Gasteiger partial charge in [0.15, 0.2) is 11.9 Å². The Kier molecular flexibility index (Phi) is 5.70. The highest BCUT2D eigenvalue weighted by Gasteiger charge is 2.26. The van der Waals surface area contributed by atoms with Crippen LogP contribution in [0.15, 0.2) is 71.3 Å². The lowest BCUT2D eigenvalue weighted by atomic mass is 10.0. The molecular formula is C23H21N3O5. The highest BCUT2D eigenvalue weighted by molar-refractivity contribution is 6.02. The Morgan fingerprint density at radius 2 is 1.90 bits per heavy atom. The zero-order valence-electron chi connectivity index (χ0n) is 16.8. The number of hydrogen-bond acceptors (Lipinski definition) is 5. The largest absolute Gasteiger partial charge is 0.479 e. The Bertz CT molecular complexity index is 1100. The molecule has 0 saturated heterocycles. The number of carbonyl (C=O) groups is 3. The van der Waals surface area contributed by atoms with Crippen LogP contribution in [0, 0.1) is 0 Å². The molecule has 0 saturated carbocycles. The predicted molar refractivity (Wildman–Crippen MR) is 114 cm³/mol. The van der Waals surface area contributed by atoms with E-state index < -0.39 is 24.0 Å². The van der Waals surface area contributed by atoms with Crippen LogP contribution < -0.4 is 20.7 Å². The summed E-state index contributed by atoms with van der Waals surface area (Å²) >= 11 is 0. The molecule has 1 unspecified atom stereocenters. The molecule has 3 aromatic rings. The molecule has 2 heterocycles. The van der Waals surface area contributed by atoms with Crippen molar-refractivity contribution in [2.75, 3.05) is 10.6 Å². The smallest absolute Gasteiger partial charge is 0.287 e. The number of ether oxygens (including phenoxy) is 1. The predicted octanol–water partition coefficient (Wildman–Crippen LogP) is 2.98. The van der Waals surface area contributed by atoms with Crippen LogP contribution in [0.25, 0.3) is 0 Å². The first kappa shape index (κ1) is 20.2. The molecule has 8 heteroatoms. The van der Waals surface area contributed by atoms with E-state index in [1.807, 2.05) is 30.3 Å². The van der Waals surface area contributed by atoms with Gasteiger partial charge in [0.05, 0.1) is 12.0 Å². The Balaban J connectivity index is 1.52. The van der Waals surface area contributed by atoms with Gasteiger partial charge in [-0.15, -0.1) is 0 Å². The fraction of sp³-hybridized carbons (Fsp3) is 0.174. The average Bonchev–Trinajstić information content (AvgIpc) is 3.30. The topological polar surface area (TPSA) is 110 Å². The molecule has 1 aliphatic heterocycles. The molecular weight excluding hydrogens is 398 g/mol. The van der Waals surface area contributed by atoms with E-state index in [1.165, 1.54) is 12.3 Å². The number of furan rings is 1. The number of fused-ring (bicyclic) bond motifs is 1. The van der Waals surface area contributed by atoms with Crippen LogP contribution in [0.2, 0.25) is 0 Å². The molecule has 0 radical (unpaired) electrons. The fourth-order valence-corrected chi connectivity index (χ4v) is 3.21. The summed E-state index contributed by atoms with van der Waals surface area (Å²) in [6.07, 6.45) is 1.10. The van der Waals surface area contributed by atoms with E-state index in [0.717, 1.165) is 5.56 Å². The van der Waals surface area contributed by atoms with Gasteiger partial charge in [-0.2, -0.15) is 0 Å². The molecule has 2 atom stereocenters. The number of nitrogens with one attached hydrogen (secondary N) is 3.